The van der Waals surface area contributed by atoms with Gasteiger partial charge in [0, 0.05) is 22.6 Å². The zero-order chi connectivity index (χ0) is 17.4. The van der Waals surface area contributed by atoms with Gasteiger partial charge in [-0.15, -0.1) is 0 Å². The maximum absolute atomic E-state index is 11.2. The first-order chi connectivity index (χ1) is 12.1. The molecule has 0 saturated carbocycles. The molecule has 2 aromatic heterocycles. The van der Waals surface area contributed by atoms with Crippen LogP contribution in [0.4, 0.5) is 0 Å². The van der Waals surface area contributed by atoms with Crippen molar-refractivity contribution in [1.82, 2.24) is 20.0 Å². The van der Waals surface area contributed by atoms with Crippen LogP contribution in [0, 0.1) is 0 Å². The van der Waals surface area contributed by atoms with E-state index in [0.717, 1.165) is 40.3 Å². The van der Waals surface area contributed by atoms with Crippen molar-refractivity contribution >= 4 is 32.7 Å². The molecule has 7 nitrogen and oxygen atoms in total. The van der Waals surface area contributed by atoms with Crippen molar-refractivity contribution in [2.24, 2.45) is 5.73 Å². The zero-order valence-corrected chi connectivity index (χ0v) is 14.9. The number of fused-ring (bicyclic) bond motifs is 1. The van der Waals surface area contributed by atoms with Crippen molar-refractivity contribution in [2.45, 2.75) is 25.4 Å². The molecular formula is C17H16BrN5O2. The molecule has 1 aromatic carbocycles. The molecule has 4 rings (SSSR count). The van der Waals surface area contributed by atoms with Gasteiger partial charge in [-0.1, -0.05) is 27.2 Å². The van der Waals surface area contributed by atoms with E-state index in [2.05, 4.69) is 54.2 Å². The van der Waals surface area contributed by atoms with Gasteiger partial charge in [-0.3, -0.25) is 14.7 Å². The van der Waals surface area contributed by atoms with Crippen LogP contribution in [-0.4, -0.2) is 32.5 Å². The summed E-state index contributed by atoms with van der Waals surface area (Å²) in [6, 6.07) is 8.12. The molecule has 3 aromatic rings. The van der Waals surface area contributed by atoms with Crippen molar-refractivity contribution in [3.8, 4) is 0 Å². The second kappa shape index (κ2) is 6.53. The van der Waals surface area contributed by atoms with Crippen LogP contribution >= 0.6 is 15.9 Å². The molecule has 8 heteroatoms. The van der Waals surface area contributed by atoms with E-state index in [1.54, 1.807) is 6.20 Å². The monoisotopic (exact) mass is 401 g/mol. The average molecular weight is 402 g/mol. The van der Waals surface area contributed by atoms with Gasteiger partial charge in [0.25, 0.3) is 11.7 Å². The highest BCUT2D eigenvalue weighted by atomic mass is 79.9. The number of benzene rings is 1. The van der Waals surface area contributed by atoms with Crippen molar-refractivity contribution < 1.29 is 9.32 Å². The van der Waals surface area contributed by atoms with E-state index < -0.39 is 5.91 Å². The zero-order valence-electron chi connectivity index (χ0n) is 13.4. The first kappa shape index (κ1) is 16.2. The van der Waals surface area contributed by atoms with Crippen LogP contribution < -0.4 is 5.73 Å². The number of amides is 1. The van der Waals surface area contributed by atoms with Crippen molar-refractivity contribution in [1.29, 1.82) is 0 Å². The predicted molar refractivity (Wildman–Crippen MR) is 94.6 cm³/mol. The van der Waals surface area contributed by atoms with E-state index in [9.17, 15) is 4.79 Å². The number of nitrogens with zero attached hydrogens (tertiary/aromatic N) is 4. The second-order valence-electron chi connectivity index (χ2n) is 6.09. The van der Waals surface area contributed by atoms with Gasteiger partial charge in [-0.05, 0) is 43.1 Å². The van der Waals surface area contributed by atoms with Gasteiger partial charge < -0.3 is 10.3 Å². The summed E-state index contributed by atoms with van der Waals surface area (Å²) in [7, 11) is 0. The van der Waals surface area contributed by atoms with E-state index in [1.165, 1.54) is 0 Å². The van der Waals surface area contributed by atoms with Crippen LogP contribution in [0.1, 0.15) is 41.0 Å². The van der Waals surface area contributed by atoms with Crippen LogP contribution in [0.15, 0.2) is 39.5 Å². The molecule has 0 aliphatic carbocycles. The molecule has 1 saturated heterocycles. The summed E-state index contributed by atoms with van der Waals surface area (Å²) < 4.78 is 6.28. The number of rotatable bonds is 4. The van der Waals surface area contributed by atoms with Crippen LogP contribution in [0.5, 0.6) is 0 Å². The lowest BCUT2D eigenvalue weighted by Crippen LogP contribution is -2.23. The Hall–Kier alpha value is -2.32. The number of hydrogen-bond donors (Lipinski definition) is 1. The van der Waals surface area contributed by atoms with Gasteiger partial charge >= 0.3 is 0 Å². The van der Waals surface area contributed by atoms with Gasteiger partial charge in [-0.25, -0.2) is 0 Å². The molecule has 1 atom stereocenters. The van der Waals surface area contributed by atoms with Gasteiger partial charge in [-0.2, -0.15) is 4.98 Å². The molecule has 128 valence electrons. The molecule has 1 fully saturated rings. The van der Waals surface area contributed by atoms with Gasteiger partial charge in [0.05, 0.1) is 11.6 Å². The summed E-state index contributed by atoms with van der Waals surface area (Å²) >= 11 is 3.57. The van der Waals surface area contributed by atoms with E-state index in [1.807, 2.05) is 6.07 Å². The summed E-state index contributed by atoms with van der Waals surface area (Å²) in [6.07, 6.45) is 3.73. The minimum Gasteiger partial charge on any atom is -0.363 e. The molecule has 3 heterocycles. The van der Waals surface area contributed by atoms with Gasteiger partial charge in [0.15, 0.2) is 0 Å². The van der Waals surface area contributed by atoms with Crippen LogP contribution in [-0.2, 0) is 6.54 Å². The molecule has 0 unspecified atom stereocenters. The fraction of sp³-hybridized carbons (Fsp3) is 0.294. The number of pyridine rings is 1. The van der Waals surface area contributed by atoms with Crippen LogP contribution in [0.25, 0.3) is 10.9 Å². The molecule has 0 spiro atoms. The predicted octanol–water partition coefficient (Wildman–Crippen LogP) is 2.82. The Morgan fingerprint density at radius 2 is 2.32 bits per heavy atom. The lowest BCUT2D eigenvalue weighted by atomic mass is 10.1. The Labute approximate surface area is 152 Å². The minimum atomic E-state index is -0.679. The number of aromatic nitrogens is 3. The molecular weight excluding hydrogens is 386 g/mol. The summed E-state index contributed by atoms with van der Waals surface area (Å²) in [5.41, 5.74) is 7.33. The lowest BCUT2D eigenvalue weighted by Gasteiger charge is -2.22. The summed E-state index contributed by atoms with van der Waals surface area (Å²) in [4.78, 5) is 22.1. The molecule has 0 bridgehead atoms. The number of hydrogen-bond acceptors (Lipinski definition) is 6. The summed E-state index contributed by atoms with van der Waals surface area (Å²) in [6.45, 7) is 1.63. The molecule has 25 heavy (non-hydrogen) atoms. The SMILES string of the molecule is NC(=O)c1noc([C@H]2CCCN2Cc2cc(Br)cc3cccnc23)n1. The number of primary amides is 1. The largest absolute Gasteiger partial charge is 0.363 e. The number of nitrogens with two attached hydrogens (primary N) is 1. The normalized spacial score (nSPS) is 18.0. The summed E-state index contributed by atoms with van der Waals surface area (Å²) in [5.74, 6) is -0.309. The molecule has 0 radical (unpaired) electrons. The first-order valence-corrected chi connectivity index (χ1v) is 8.82. The smallest absolute Gasteiger partial charge is 0.290 e. The van der Waals surface area contributed by atoms with E-state index >= 15 is 0 Å². The highest BCUT2D eigenvalue weighted by molar-refractivity contribution is 9.10. The topological polar surface area (TPSA) is 98.1 Å². The maximum atomic E-state index is 11.2. The van der Waals surface area contributed by atoms with Crippen LogP contribution in [0.2, 0.25) is 0 Å². The van der Waals surface area contributed by atoms with Crippen molar-refractivity contribution in [3.63, 3.8) is 0 Å². The third-order valence-corrected chi connectivity index (χ3v) is 4.89. The van der Waals surface area contributed by atoms with E-state index in [0.29, 0.717) is 12.4 Å². The number of carbonyl (C=O) groups is 1. The number of carbonyl (C=O) groups excluding carboxylic acids is 1. The number of halogens is 1. The Bertz CT molecular complexity index is 942. The summed E-state index contributed by atoms with van der Waals surface area (Å²) in [5, 5.41) is 4.75. The van der Waals surface area contributed by atoms with Crippen molar-refractivity contribution in [3.05, 3.63) is 52.2 Å². The average Bonchev–Trinajstić information content (AvgIpc) is 3.23. The Kier molecular flexibility index (Phi) is 4.22. The fourth-order valence-electron chi connectivity index (χ4n) is 3.33. The fourth-order valence-corrected chi connectivity index (χ4v) is 3.86. The quantitative estimate of drug-likeness (QED) is 0.721. The van der Waals surface area contributed by atoms with Gasteiger partial charge in [0.1, 0.15) is 0 Å². The third kappa shape index (κ3) is 3.14. The number of likely N-dealkylation sites (tertiary alicyclic amines) is 1. The lowest BCUT2D eigenvalue weighted by molar-refractivity contribution is 0.0987. The minimum absolute atomic E-state index is 0.0154. The van der Waals surface area contributed by atoms with Crippen LogP contribution in [0.3, 0.4) is 0 Å². The highest BCUT2D eigenvalue weighted by Crippen LogP contribution is 2.34. The highest BCUT2D eigenvalue weighted by Gasteiger charge is 2.31. The Balaban J connectivity index is 1.64. The molecule has 1 aliphatic heterocycles. The van der Waals surface area contributed by atoms with Gasteiger partial charge in [0.2, 0.25) is 5.89 Å². The maximum Gasteiger partial charge on any atom is 0.290 e. The molecule has 1 amide bonds. The third-order valence-electron chi connectivity index (χ3n) is 4.43. The first-order valence-electron chi connectivity index (χ1n) is 8.02. The van der Waals surface area contributed by atoms with Crippen molar-refractivity contribution in [2.75, 3.05) is 6.54 Å². The molecule has 1 aliphatic rings. The Morgan fingerprint density at radius 1 is 1.44 bits per heavy atom. The second-order valence-corrected chi connectivity index (χ2v) is 7.00. The van der Waals surface area contributed by atoms with E-state index in [4.69, 9.17) is 10.3 Å². The molecule has 2 N–H and O–H groups in total. The van der Waals surface area contributed by atoms with E-state index in [-0.39, 0.29) is 11.9 Å². The standard InChI is InChI=1S/C17H16BrN5O2/c18-12-7-10-3-1-5-20-14(10)11(8-12)9-23-6-2-4-13(23)17-21-16(15(19)24)22-25-17/h1,3,5,7-8,13H,2,4,6,9H2,(H2,19,24)/t13-/m1/s1. The Morgan fingerprint density at radius 3 is 3.12 bits per heavy atom.